The lowest BCUT2D eigenvalue weighted by Gasteiger charge is -2.12. The highest BCUT2D eigenvalue weighted by Crippen LogP contribution is 2.42. The van der Waals surface area contributed by atoms with Gasteiger partial charge in [-0.1, -0.05) is 146 Å². The van der Waals surface area contributed by atoms with E-state index >= 15 is 0 Å². The molecule has 0 aliphatic heterocycles. The average Bonchev–Trinajstić information content (AvgIpc) is 3.79. The van der Waals surface area contributed by atoms with Gasteiger partial charge in [-0.25, -0.2) is 15.0 Å². The molecule has 0 spiro atoms. The molecule has 0 aliphatic rings. The number of fused-ring (bicyclic) bond motifs is 7. The Morgan fingerprint density at radius 1 is 0.370 bits per heavy atom. The van der Waals surface area contributed by atoms with Crippen molar-refractivity contribution in [3.05, 3.63) is 182 Å². The zero-order valence-corrected chi connectivity index (χ0v) is 29.0. The molecule has 54 heavy (non-hydrogen) atoms. The highest BCUT2D eigenvalue weighted by molar-refractivity contribution is 6.15. The molecule has 3 heterocycles. The van der Waals surface area contributed by atoms with Crippen LogP contribution in [0.15, 0.2) is 186 Å². The van der Waals surface area contributed by atoms with Gasteiger partial charge in [-0.2, -0.15) is 0 Å². The number of para-hydroxylation sites is 2. The van der Waals surface area contributed by atoms with Gasteiger partial charge in [-0.15, -0.1) is 0 Å². The first-order chi connectivity index (χ1) is 26.8. The van der Waals surface area contributed by atoms with Crippen LogP contribution in [0.3, 0.4) is 0 Å². The number of furan rings is 1. The predicted octanol–water partition coefficient (Wildman–Crippen LogP) is 12.7. The number of hydrogen-bond donors (Lipinski definition) is 0. The minimum Gasteiger partial charge on any atom is -0.456 e. The molecule has 0 unspecified atom stereocenters. The summed E-state index contributed by atoms with van der Waals surface area (Å²) in [7, 11) is 0. The Kier molecular flexibility index (Phi) is 6.79. The van der Waals surface area contributed by atoms with Gasteiger partial charge in [0.25, 0.3) is 0 Å². The molecule has 0 aliphatic carbocycles. The zero-order valence-electron chi connectivity index (χ0n) is 29.0. The first kappa shape index (κ1) is 30.3. The van der Waals surface area contributed by atoms with Crippen molar-refractivity contribution in [3.63, 3.8) is 0 Å². The molecule has 11 aromatic rings. The third-order valence-electron chi connectivity index (χ3n) is 10.4. The van der Waals surface area contributed by atoms with Crippen molar-refractivity contribution < 1.29 is 4.42 Å². The number of benzene rings is 8. The fraction of sp³-hybridized carbons (Fsp3) is 0. The van der Waals surface area contributed by atoms with Crippen LogP contribution in [0.4, 0.5) is 0 Å². The van der Waals surface area contributed by atoms with Gasteiger partial charge in [0.2, 0.25) is 0 Å². The minimum absolute atomic E-state index is 0.586. The van der Waals surface area contributed by atoms with Crippen molar-refractivity contribution in [2.75, 3.05) is 0 Å². The molecule has 11 rings (SSSR count). The molecule has 0 radical (unpaired) electrons. The summed E-state index contributed by atoms with van der Waals surface area (Å²) < 4.78 is 9.19. The molecule has 0 atom stereocenters. The normalized spacial score (nSPS) is 11.7. The standard InChI is InChI=1S/C49H30N4O/c1-3-14-32(15-4-1)41-29-35(53-42-24-11-9-21-37(42)38-22-10-12-25-43(38)53)30-45-46(41)40-27-26-34(28-44(40)54-45)48-50-47(33-17-5-2-6-18-33)51-49(52-48)39-23-13-19-31-16-7-8-20-36(31)39/h1-30H. The minimum atomic E-state index is 0.586. The fourth-order valence-corrected chi connectivity index (χ4v) is 7.97. The molecule has 0 amide bonds. The molecule has 0 fully saturated rings. The van der Waals surface area contributed by atoms with Crippen molar-refractivity contribution in [1.29, 1.82) is 0 Å². The topological polar surface area (TPSA) is 56.7 Å². The molecule has 0 N–H and O–H groups in total. The van der Waals surface area contributed by atoms with Crippen LogP contribution in [0.2, 0.25) is 0 Å². The number of rotatable bonds is 5. The van der Waals surface area contributed by atoms with E-state index in [1.165, 1.54) is 10.8 Å². The Hall–Kier alpha value is -7.37. The van der Waals surface area contributed by atoms with Crippen molar-refractivity contribution in [2.24, 2.45) is 0 Å². The average molecular weight is 691 g/mol. The van der Waals surface area contributed by atoms with Crippen molar-refractivity contribution >= 4 is 54.5 Å². The van der Waals surface area contributed by atoms with Gasteiger partial charge in [0.15, 0.2) is 17.5 Å². The summed E-state index contributed by atoms with van der Waals surface area (Å²) in [5.74, 6) is 1.83. The third kappa shape index (κ3) is 4.83. The molecule has 5 heteroatoms. The van der Waals surface area contributed by atoms with E-state index in [0.29, 0.717) is 17.5 Å². The number of aromatic nitrogens is 4. The summed E-state index contributed by atoms with van der Waals surface area (Å²) in [5, 5.41) is 6.78. The van der Waals surface area contributed by atoms with Crippen LogP contribution >= 0.6 is 0 Å². The third-order valence-corrected chi connectivity index (χ3v) is 10.4. The van der Waals surface area contributed by atoms with Crippen LogP contribution in [0, 0.1) is 0 Å². The van der Waals surface area contributed by atoms with E-state index in [1.54, 1.807) is 0 Å². The molecular weight excluding hydrogens is 661 g/mol. The second-order valence-corrected chi connectivity index (χ2v) is 13.6. The first-order valence-electron chi connectivity index (χ1n) is 18.1. The molecule has 0 bridgehead atoms. The monoisotopic (exact) mass is 690 g/mol. The second kappa shape index (κ2) is 12.1. The smallest absolute Gasteiger partial charge is 0.164 e. The van der Waals surface area contributed by atoms with E-state index < -0.39 is 0 Å². The van der Waals surface area contributed by atoms with Gasteiger partial charge in [0.1, 0.15) is 11.2 Å². The molecule has 8 aromatic carbocycles. The number of hydrogen-bond acceptors (Lipinski definition) is 4. The maximum atomic E-state index is 6.84. The van der Waals surface area contributed by atoms with Crippen LogP contribution in [-0.4, -0.2) is 19.5 Å². The lowest BCUT2D eigenvalue weighted by molar-refractivity contribution is 0.669. The Labute approximate surface area is 310 Å². The first-order valence-corrected chi connectivity index (χ1v) is 18.1. The van der Waals surface area contributed by atoms with Crippen molar-refractivity contribution in [1.82, 2.24) is 19.5 Å². The second-order valence-electron chi connectivity index (χ2n) is 13.6. The maximum Gasteiger partial charge on any atom is 0.164 e. The molecular formula is C49H30N4O. The Balaban J connectivity index is 1.14. The molecule has 0 saturated carbocycles. The zero-order chi connectivity index (χ0) is 35.6. The van der Waals surface area contributed by atoms with Crippen molar-refractivity contribution in [3.8, 4) is 51.0 Å². The van der Waals surface area contributed by atoms with Crippen LogP contribution < -0.4 is 0 Å². The van der Waals surface area contributed by atoms with Gasteiger partial charge in [0.05, 0.1) is 16.7 Å². The van der Waals surface area contributed by atoms with Gasteiger partial charge in [-0.3, -0.25) is 0 Å². The maximum absolute atomic E-state index is 6.84. The molecule has 3 aromatic heterocycles. The quantitative estimate of drug-likeness (QED) is 0.180. The van der Waals surface area contributed by atoms with Gasteiger partial charge < -0.3 is 8.98 Å². The van der Waals surface area contributed by atoms with E-state index in [4.69, 9.17) is 19.4 Å². The number of nitrogens with zero attached hydrogens (tertiary/aromatic N) is 4. The van der Waals surface area contributed by atoms with E-state index in [1.807, 2.05) is 30.3 Å². The largest absolute Gasteiger partial charge is 0.456 e. The summed E-state index contributed by atoms with van der Waals surface area (Å²) in [6, 6.07) is 63.3. The van der Waals surface area contributed by atoms with E-state index in [2.05, 4.69) is 156 Å². The Bertz CT molecular complexity index is 3160. The summed E-state index contributed by atoms with van der Waals surface area (Å²) in [4.78, 5) is 15.2. The Morgan fingerprint density at radius 2 is 0.963 bits per heavy atom. The van der Waals surface area contributed by atoms with Crippen LogP contribution in [-0.2, 0) is 0 Å². The SMILES string of the molecule is c1ccc(-c2nc(-c3ccc4c(c3)oc3cc(-n5c6ccccc6c6ccccc65)cc(-c5ccccc5)c34)nc(-c3cccc4ccccc34)n2)cc1. The van der Waals surface area contributed by atoms with Gasteiger partial charge >= 0.3 is 0 Å². The summed E-state index contributed by atoms with van der Waals surface area (Å²) in [5.41, 5.74) is 9.92. The Morgan fingerprint density at radius 3 is 1.70 bits per heavy atom. The lowest BCUT2D eigenvalue weighted by Crippen LogP contribution is -2.00. The fourth-order valence-electron chi connectivity index (χ4n) is 7.97. The lowest BCUT2D eigenvalue weighted by atomic mass is 9.98. The van der Waals surface area contributed by atoms with E-state index in [-0.39, 0.29) is 0 Å². The molecule has 0 saturated heterocycles. The van der Waals surface area contributed by atoms with Crippen LogP contribution in [0.5, 0.6) is 0 Å². The summed E-state index contributed by atoms with van der Waals surface area (Å²) in [6.07, 6.45) is 0. The molecule has 252 valence electrons. The van der Waals surface area contributed by atoms with Crippen molar-refractivity contribution in [2.45, 2.75) is 0 Å². The van der Waals surface area contributed by atoms with E-state index in [0.717, 1.165) is 77.2 Å². The van der Waals surface area contributed by atoms with Crippen LogP contribution in [0.1, 0.15) is 0 Å². The van der Waals surface area contributed by atoms with E-state index in [9.17, 15) is 0 Å². The van der Waals surface area contributed by atoms with Crippen LogP contribution in [0.25, 0.3) is 105 Å². The summed E-state index contributed by atoms with van der Waals surface area (Å²) in [6.45, 7) is 0. The predicted molar refractivity (Wildman–Crippen MR) is 221 cm³/mol. The highest BCUT2D eigenvalue weighted by Gasteiger charge is 2.20. The molecule has 5 nitrogen and oxygen atoms in total. The van der Waals surface area contributed by atoms with Gasteiger partial charge in [0, 0.05) is 44.3 Å². The highest BCUT2D eigenvalue weighted by atomic mass is 16.3. The van der Waals surface area contributed by atoms with Gasteiger partial charge in [-0.05, 0) is 52.2 Å². The summed E-state index contributed by atoms with van der Waals surface area (Å²) >= 11 is 0.